The van der Waals surface area contributed by atoms with E-state index in [9.17, 15) is 9.59 Å². The van der Waals surface area contributed by atoms with Crippen molar-refractivity contribution in [2.24, 2.45) is 5.41 Å². The third-order valence-electron chi connectivity index (χ3n) is 4.59. The first-order valence-electron chi connectivity index (χ1n) is 8.42. The highest BCUT2D eigenvalue weighted by Gasteiger charge is 2.56. The molecule has 1 aliphatic carbocycles. The van der Waals surface area contributed by atoms with Gasteiger partial charge in [-0.3, -0.25) is 9.59 Å². The second-order valence-electron chi connectivity index (χ2n) is 7.61. The lowest BCUT2D eigenvalue weighted by molar-refractivity contribution is -0.134. The van der Waals surface area contributed by atoms with Crippen LogP contribution in [0, 0.1) is 5.41 Å². The van der Waals surface area contributed by atoms with Crippen LogP contribution in [0.3, 0.4) is 0 Å². The van der Waals surface area contributed by atoms with Gasteiger partial charge in [0.25, 0.3) is 0 Å². The first-order valence-corrected chi connectivity index (χ1v) is 8.42. The second kappa shape index (κ2) is 6.34. The quantitative estimate of drug-likeness (QED) is 0.815. The first kappa shape index (κ1) is 17.5. The maximum atomic E-state index is 12.7. The van der Waals surface area contributed by atoms with Gasteiger partial charge in [0, 0.05) is 11.7 Å². The van der Waals surface area contributed by atoms with Crippen molar-refractivity contribution >= 4 is 17.5 Å². The van der Waals surface area contributed by atoms with Crippen molar-refractivity contribution < 1.29 is 9.59 Å². The summed E-state index contributed by atoms with van der Waals surface area (Å²) in [6, 6.07) is 7.90. The fraction of sp³-hybridized carbons (Fsp3) is 0.579. The smallest absolute Gasteiger partial charge is 0.240 e. The Balaban J connectivity index is 2.16. The molecule has 1 saturated carbocycles. The molecule has 1 fully saturated rings. The Morgan fingerprint density at radius 2 is 1.78 bits per heavy atom. The van der Waals surface area contributed by atoms with Crippen molar-refractivity contribution in [2.45, 2.75) is 65.3 Å². The molecule has 4 nitrogen and oxygen atoms in total. The molecule has 126 valence electrons. The first-order chi connectivity index (χ1) is 10.7. The maximum absolute atomic E-state index is 12.7. The van der Waals surface area contributed by atoms with E-state index in [-0.39, 0.29) is 23.3 Å². The maximum Gasteiger partial charge on any atom is 0.240 e. The van der Waals surface area contributed by atoms with Gasteiger partial charge >= 0.3 is 0 Å². The van der Waals surface area contributed by atoms with Crippen molar-refractivity contribution in [1.82, 2.24) is 5.32 Å². The van der Waals surface area contributed by atoms with Crippen LogP contribution in [0.5, 0.6) is 0 Å². The van der Waals surface area contributed by atoms with Gasteiger partial charge in [0.2, 0.25) is 11.8 Å². The molecule has 1 aromatic rings. The fourth-order valence-electron chi connectivity index (χ4n) is 2.63. The van der Waals surface area contributed by atoms with E-state index < -0.39 is 5.41 Å². The van der Waals surface area contributed by atoms with Gasteiger partial charge in [-0.25, -0.2) is 0 Å². The highest BCUT2D eigenvalue weighted by Crippen LogP contribution is 2.47. The monoisotopic (exact) mass is 316 g/mol. The molecular weight excluding hydrogens is 288 g/mol. The van der Waals surface area contributed by atoms with Crippen LogP contribution in [0.15, 0.2) is 24.3 Å². The SMILES string of the molecule is CCC(C)NC(=O)C1(C(=O)Nc2ccccc2C(C)(C)C)CC1. The van der Waals surface area contributed by atoms with Crippen molar-refractivity contribution in [1.29, 1.82) is 0 Å². The number of amides is 2. The molecule has 2 amide bonds. The third-order valence-corrected chi connectivity index (χ3v) is 4.59. The van der Waals surface area contributed by atoms with Crippen LogP contribution >= 0.6 is 0 Å². The van der Waals surface area contributed by atoms with Gasteiger partial charge in [0.05, 0.1) is 0 Å². The molecule has 0 aliphatic heterocycles. The number of nitrogens with one attached hydrogen (secondary N) is 2. The summed E-state index contributed by atoms with van der Waals surface area (Å²) in [5, 5.41) is 5.94. The summed E-state index contributed by atoms with van der Waals surface area (Å²) in [6.45, 7) is 10.3. The zero-order chi connectivity index (χ0) is 17.3. The van der Waals surface area contributed by atoms with Crippen LogP contribution in [-0.4, -0.2) is 17.9 Å². The number of carbonyl (C=O) groups is 2. The van der Waals surface area contributed by atoms with Gasteiger partial charge in [0.15, 0.2) is 0 Å². The minimum absolute atomic E-state index is 0.0699. The molecule has 0 aromatic heterocycles. The van der Waals surface area contributed by atoms with Crippen molar-refractivity contribution in [3.8, 4) is 0 Å². The van der Waals surface area contributed by atoms with Crippen LogP contribution in [0.2, 0.25) is 0 Å². The third kappa shape index (κ3) is 3.74. The van der Waals surface area contributed by atoms with Crippen LogP contribution in [0.1, 0.15) is 59.4 Å². The summed E-state index contributed by atoms with van der Waals surface area (Å²) in [6.07, 6.45) is 2.11. The Hall–Kier alpha value is -1.84. The zero-order valence-electron chi connectivity index (χ0n) is 14.8. The average Bonchev–Trinajstić information content (AvgIpc) is 3.28. The summed E-state index contributed by atoms with van der Waals surface area (Å²) >= 11 is 0. The Kier molecular flexibility index (Phi) is 4.83. The Bertz CT molecular complexity index is 598. The summed E-state index contributed by atoms with van der Waals surface area (Å²) in [5.41, 5.74) is 0.924. The summed E-state index contributed by atoms with van der Waals surface area (Å²) in [5.74, 6) is -0.326. The number of anilines is 1. The van der Waals surface area contributed by atoms with Crippen LogP contribution in [-0.2, 0) is 15.0 Å². The minimum Gasteiger partial charge on any atom is -0.353 e. The van der Waals surface area contributed by atoms with Gasteiger partial charge in [-0.1, -0.05) is 45.9 Å². The number of rotatable bonds is 5. The molecule has 23 heavy (non-hydrogen) atoms. The summed E-state index contributed by atoms with van der Waals surface area (Å²) in [7, 11) is 0. The number of benzene rings is 1. The largest absolute Gasteiger partial charge is 0.353 e. The minimum atomic E-state index is -0.881. The number of para-hydroxylation sites is 1. The molecule has 2 rings (SSSR count). The molecular formula is C19H28N2O2. The topological polar surface area (TPSA) is 58.2 Å². The Labute approximate surface area is 139 Å². The van der Waals surface area contributed by atoms with E-state index in [1.807, 2.05) is 38.1 Å². The Morgan fingerprint density at radius 1 is 1.17 bits per heavy atom. The van der Waals surface area contributed by atoms with E-state index in [4.69, 9.17) is 0 Å². The van der Waals surface area contributed by atoms with E-state index in [0.29, 0.717) is 12.8 Å². The highest BCUT2D eigenvalue weighted by atomic mass is 16.2. The standard InChI is InChI=1S/C19H28N2O2/c1-6-13(2)20-16(22)19(11-12-19)17(23)21-15-10-8-7-9-14(15)18(3,4)5/h7-10,13H,6,11-12H2,1-5H3,(H,20,22)(H,21,23). The molecule has 1 unspecified atom stereocenters. The van der Waals surface area contributed by atoms with E-state index in [1.54, 1.807) is 0 Å². The van der Waals surface area contributed by atoms with E-state index >= 15 is 0 Å². The van der Waals surface area contributed by atoms with Gasteiger partial charge in [0.1, 0.15) is 5.41 Å². The molecule has 0 radical (unpaired) electrons. The van der Waals surface area contributed by atoms with Crippen LogP contribution in [0.4, 0.5) is 5.69 Å². The lowest BCUT2D eigenvalue weighted by Crippen LogP contribution is -2.43. The van der Waals surface area contributed by atoms with Crippen LogP contribution < -0.4 is 10.6 Å². The van der Waals surface area contributed by atoms with Crippen molar-refractivity contribution in [3.05, 3.63) is 29.8 Å². The molecule has 2 N–H and O–H groups in total. The predicted molar refractivity (Wildman–Crippen MR) is 93.3 cm³/mol. The second-order valence-corrected chi connectivity index (χ2v) is 7.61. The zero-order valence-corrected chi connectivity index (χ0v) is 14.8. The lowest BCUT2D eigenvalue weighted by atomic mass is 9.85. The van der Waals surface area contributed by atoms with Gasteiger partial charge in [-0.2, -0.15) is 0 Å². The van der Waals surface area contributed by atoms with E-state index in [0.717, 1.165) is 17.7 Å². The molecule has 4 heteroatoms. The normalized spacial score (nSPS) is 17.3. The van der Waals surface area contributed by atoms with E-state index in [2.05, 4.69) is 31.4 Å². The molecule has 1 aromatic carbocycles. The Morgan fingerprint density at radius 3 is 2.30 bits per heavy atom. The molecule has 0 heterocycles. The molecule has 0 bridgehead atoms. The van der Waals surface area contributed by atoms with Crippen molar-refractivity contribution in [2.75, 3.05) is 5.32 Å². The predicted octanol–water partition coefficient (Wildman–Crippen LogP) is 3.62. The van der Waals surface area contributed by atoms with Gasteiger partial charge in [-0.05, 0) is 43.2 Å². The van der Waals surface area contributed by atoms with Crippen molar-refractivity contribution in [3.63, 3.8) is 0 Å². The number of hydrogen-bond donors (Lipinski definition) is 2. The molecule has 1 atom stereocenters. The van der Waals surface area contributed by atoms with Gasteiger partial charge < -0.3 is 10.6 Å². The lowest BCUT2D eigenvalue weighted by Gasteiger charge is -2.24. The average molecular weight is 316 g/mol. The summed E-state index contributed by atoms with van der Waals surface area (Å²) < 4.78 is 0. The summed E-state index contributed by atoms with van der Waals surface area (Å²) in [4.78, 5) is 25.2. The van der Waals surface area contributed by atoms with Gasteiger partial charge in [-0.15, -0.1) is 0 Å². The number of carbonyl (C=O) groups excluding carboxylic acids is 2. The van der Waals surface area contributed by atoms with E-state index in [1.165, 1.54) is 0 Å². The molecule has 0 spiro atoms. The number of hydrogen-bond acceptors (Lipinski definition) is 2. The highest BCUT2D eigenvalue weighted by molar-refractivity contribution is 6.13. The fourth-order valence-corrected chi connectivity index (χ4v) is 2.63. The molecule has 0 saturated heterocycles. The van der Waals surface area contributed by atoms with Crippen LogP contribution in [0.25, 0.3) is 0 Å². The molecule has 1 aliphatic rings.